The number of benzene rings is 1. The maximum atomic E-state index is 14.1. The van der Waals surface area contributed by atoms with Crippen molar-refractivity contribution in [2.45, 2.75) is 44.2 Å². The third-order valence-electron chi connectivity index (χ3n) is 9.33. The number of hydrogen-bond donors (Lipinski definition) is 4. The smallest absolute Gasteiger partial charge is 0.278 e. The fourth-order valence-electron chi connectivity index (χ4n) is 6.64. The molecule has 5 rings (SSSR count). The molecular formula is C31H38F2N6O4S2. The van der Waals surface area contributed by atoms with Gasteiger partial charge in [-0.2, -0.15) is 0 Å². The zero-order valence-corrected chi connectivity index (χ0v) is 27.0. The molecule has 2 amide bonds. The van der Waals surface area contributed by atoms with E-state index in [1.54, 1.807) is 19.1 Å². The predicted octanol–water partition coefficient (Wildman–Crippen LogP) is 3.46. The van der Waals surface area contributed by atoms with E-state index in [0.29, 0.717) is 56.0 Å². The Labute approximate surface area is 265 Å². The van der Waals surface area contributed by atoms with Gasteiger partial charge >= 0.3 is 0 Å². The highest BCUT2D eigenvalue weighted by molar-refractivity contribution is 8.28. The van der Waals surface area contributed by atoms with E-state index in [4.69, 9.17) is 10.8 Å². The Hall–Kier alpha value is -3.65. The average Bonchev–Trinajstić information content (AvgIpc) is 3.35. The number of halogens is 2. The molecule has 10 nitrogen and oxygen atoms in total. The number of nitrogens with one attached hydrogen (secondary N) is 3. The lowest BCUT2D eigenvalue weighted by Gasteiger charge is -2.55. The molecule has 2 fully saturated rings. The number of nitrogens with zero attached hydrogens (tertiary/aromatic N) is 3. The summed E-state index contributed by atoms with van der Waals surface area (Å²) in [6.07, 6.45) is 4.06. The number of carbonyl (C=O) groups is 2. The summed E-state index contributed by atoms with van der Waals surface area (Å²) in [5.74, 6) is 7.64. The van der Waals surface area contributed by atoms with Gasteiger partial charge in [-0.25, -0.2) is 18.0 Å². The van der Waals surface area contributed by atoms with Crippen molar-refractivity contribution >= 4 is 54.6 Å². The summed E-state index contributed by atoms with van der Waals surface area (Å²) in [5, 5.41) is 32.0. The van der Waals surface area contributed by atoms with Gasteiger partial charge in [0.25, 0.3) is 5.91 Å². The summed E-state index contributed by atoms with van der Waals surface area (Å²) >= 11 is 0.598. The second-order valence-corrected chi connectivity index (χ2v) is 16.6. The third kappa shape index (κ3) is 6.26. The maximum Gasteiger partial charge on any atom is 0.278 e. The quantitative estimate of drug-likeness (QED) is 0.213. The highest BCUT2D eigenvalue weighted by Gasteiger charge is 2.50. The third-order valence-corrected chi connectivity index (χ3v) is 12.4. The summed E-state index contributed by atoms with van der Waals surface area (Å²) in [5.41, 5.74) is -2.21. The van der Waals surface area contributed by atoms with Crippen LogP contribution in [-0.2, 0) is 11.2 Å². The van der Waals surface area contributed by atoms with Crippen LogP contribution in [0.4, 0.5) is 8.78 Å². The number of thioether (sulfide) groups is 1. The number of hydrogen-bond acceptors (Lipinski definition) is 8. The molecule has 1 unspecified atom stereocenters. The van der Waals surface area contributed by atoms with Crippen LogP contribution in [-0.4, -0.2) is 86.1 Å². The molecule has 1 aliphatic carbocycles. The molecule has 0 radical (unpaired) electrons. The molecule has 2 aliphatic heterocycles. The van der Waals surface area contributed by atoms with Gasteiger partial charge in [0.2, 0.25) is 11.3 Å². The van der Waals surface area contributed by atoms with Crippen LogP contribution in [0.15, 0.2) is 29.2 Å². The lowest BCUT2D eigenvalue weighted by molar-refractivity contribution is -0.127. The molecule has 3 aliphatic rings. The first-order valence-electron chi connectivity index (χ1n) is 14.6. The van der Waals surface area contributed by atoms with E-state index >= 15 is 0 Å². The SMILES string of the molecule is C=S1(=C)CCC(CNC(=O)C2CCC3(CC2)N(C)C(=O)c2c(O)c(=O)c(C(=N)SC(=N)Cc4ccc(F)cc4F)cn2N3C)C1. The summed E-state index contributed by atoms with van der Waals surface area (Å²) in [6.45, 7) is 0.613. The number of aromatic nitrogens is 1. The second kappa shape index (κ2) is 12.3. The standard InChI is InChI=1S/C31H38F2N6O4S2/c1-37-30(43)25-27(41)26(40)22(28(35)44-24(34)13-20-5-6-21(32)14-23(20)33)16-39(25)38(2)31(37)10-7-19(8-11-31)29(42)36-15-18-9-12-45(3,4)17-18/h5-6,14,16,18-19,34-35,41H,3-4,7-13,15,17H2,1-2H3,(H,36,42). The number of amides is 2. The van der Waals surface area contributed by atoms with Crippen molar-refractivity contribution in [2.75, 3.05) is 37.2 Å². The van der Waals surface area contributed by atoms with Crippen LogP contribution in [0.2, 0.25) is 0 Å². The van der Waals surface area contributed by atoms with Crippen molar-refractivity contribution < 1.29 is 23.5 Å². The van der Waals surface area contributed by atoms with E-state index in [2.05, 4.69) is 17.1 Å². The molecule has 1 atom stereocenters. The molecule has 3 heterocycles. The lowest BCUT2D eigenvalue weighted by atomic mass is 9.79. The van der Waals surface area contributed by atoms with Crippen molar-refractivity contribution in [1.82, 2.24) is 14.9 Å². The van der Waals surface area contributed by atoms with Crippen LogP contribution in [0.5, 0.6) is 5.75 Å². The highest BCUT2D eigenvalue weighted by atomic mass is 32.2. The van der Waals surface area contributed by atoms with Gasteiger partial charge in [0.05, 0.1) is 10.6 Å². The molecule has 1 spiro atoms. The van der Waals surface area contributed by atoms with E-state index in [9.17, 15) is 28.3 Å². The van der Waals surface area contributed by atoms with Gasteiger partial charge in [-0.3, -0.25) is 34.9 Å². The summed E-state index contributed by atoms with van der Waals surface area (Å²) in [7, 11) is 2.29. The molecule has 4 N–H and O–H groups in total. The van der Waals surface area contributed by atoms with E-state index < -0.39 is 43.6 Å². The number of aromatic hydroxyl groups is 1. The number of carbonyl (C=O) groups excluding carboxylic acids is 2. The van der Waals surface area contributed by atoms with Crippen LogP contribution in [0.1, 0.15) is 53.7 Å². The molecular weight excluding hydrogens is 623 g/mol. The Bertz CT molecular complexity index is 1750. The van der Waals surface area contributed by atoms with Crippen molar-refractivity contribution in [3.8, 4) is 5.75 Å². The number of rotatable bonds is 6. The van der Waals surface area contributed by atoms with Crippen molar-refractivity contribution in [2.24, 2.45) is 11.8 Å². The van der Waals surface area contributed by atoms with Gasteiger partial charge in [0.1, 0.15) is 22.3 Å². The monoisotopic (exact) mass is 660 g/mol. The number of pyridine rings is 1. The van der Waals surface area contributed by atoms with Crippen LogP contribution < -0.4 is 15.8 Å². The van der Waals surface area contributed by atoms with Gasteiger partial charge in [-0.15, -0.1) is 0 Å². The molecule has 1 saturated carbocycles. The zero-order valence-electron chi connectivity index (χ0n) is 25.3. The lowest BCUT2D eigenvalue weighted by Crippen LogP contribution is -2.69. The van der Waals surface area contributed by atoms with E-state index in [0.717, 1.165) is 24.0 Å². The Kier molecular flexibility index (Phi) is 8.93. The molecule has 1 aromatic carbocycles. The van der Waals surface area contributed by atoms with Gasteiger partial charge in [0.15, 0.2) is 11.4 Å². The Morgan fingerprint density at radius 2 is 1.87 bits per heavy atom. The van der Waals surface area contributed by atoms with Gasteiger partial charge in [0, 0.05) is 45.2 Å². The molecule has 14 heteroatoms. The summed E-state index contributed by atoms with van der Waals surface area (Å²) < 4.78 is 28.7. The predicted molar refractivity (Wildman–Crippen MR) is 178 cm³/mol. The van der Waals surface area contributed by atoms with Crippen LogP contribution in [0.25, 0.3) is 0 Å². The van der Waals surface area contributed by atoms with Crippen molar-refractivity contribution in [1.29, 1.82) is 10.8 Å². The fraction of sp³-hybridized carbons (Fsp3) is 0.452. The minimum Gasteiger partial charge on any atom is -0.502 e. The van der Waals surface area contributed by atoms with E-state index in [-0.39, 0.29) is 45.2 Å². The van der Waals surface area contributed by atoms with Gasteiger partial charge in [-0.1, -0.05) is 29.6 Å². The minimum atomic E-state index is -1.05. The molecule has 2 aromatic rings. The molecule has 45 heavy (non-hydrogen) atoms. The van der Waals surface area contributed by atoms with Gasteiger partial charge in [-0.05, 0) is 61.2 Å². The highest BCUT2D eigenvalue weighted by Crippen LogP contribution is 2.42. The molecule has 1 aromatic heterocycles. The zero-order chi connectivity index (χ0) is 32.8. The summed E-state index contributed by atoms with van der Waals surface area (Å²) in [4.78, 5) is 41.3. The molecule has 1 saturated heterocycles. The minimum absolute atomic E-state index is 0.00432. The summed E-state index contributed by atoms with van der Waals surface area (Å²) in [6, 6.07) is 2.99. The second-order valence-electron chi connectivity index (χ2n) is 12.3. The fourth-order valence-corrected chi connectivity index (χ4v) is 9.65. The molecule has 242 valence electrons. The maximum absolute atomic E-state index is 14.1. The largest absolute Gasteiger partial charge is 0.502 e. The van der Waals surface area contributed by atoms with Gasteiger partial charge < -0.3 is 15.3 Å². The Balaban J connectivity index is 1.31. The molecule has 0 bridgehead atoms. The van der Waals surface area contributed by atoms with Crippen molar-refractivity contribution in [3.63, 3.8) is 0 Å². The van der Waals surface area contributed by atoms with E-state index in [1.807, 2.05) is 0 Å². The van der Waals surface area contributed by atoms with Crippen molar-refractivity contribution in [3.05, 3.63) is 63.1 Å². The van der Waals surface area contributed by atoms with Crippen LogP contribution in [0, 0.1) is 34.3 Å². The first-order chi connectivity index (χ1) is 21.1. The van der Waals surface area contributed by atoms with E-state index in [1.165, 1.54) is 21.8 Å². The number of fused-ring (bicyclic) bond motifs is 1. The average molecular weight is 661 g/mol. The normalized spacial score (nSPS) is 24.0. The van der Waals surface area contributed by atoms with Crippen LogP contribution in [0.3, 0.4) is 0 Å². The first-order valence-corrected chi connectivity index (χ1v) is 17.8. The van der Waals surface area contributed by atoms with Crippen LogP contribution >= 0.6 is 21.0 Å². The Morgan fingerprint density at radius 1 is 1.18 bits per heavy atom. The Morgan fingerprint density at radius 3 is 2.49 bits per heavy atom. The first kappa shape index (κ1) is 32.7. The topological polar surface area (TPSA) is 143 Å².